The highest BCUT2D eigenvalue weighted by Crippen LogP contribution is 2.46. The SMILES string of the molecule is C#CC12C=C(C)C(=O)C=C1CCC2. The van der Waals surface area contributed by atoms with Crippen LogP contribution in [0.2, 0.25) is 0 Å². The van der Waals surface area contributed by atoms with Crippen molar-refractivity contribution in [3.63, 3.8) is 0 Å². The van der Waals surface area contributed by atoms with Crippen LogP contribution in [-0.4, -0.2) is 5.78 Å². The van der Waals surface area contributed by atoms with Crippen molar-refractivity contribution in [2.45, 2.75) is 26.2 Å². The lowest BCUT2D eigenvalue weighted by molar-refractivity contribution is -0.111. The van der Waals surface area contributed by atoms with Crippen molar-refractivity contribution in [2.24, 2.45) is 5.41 Å². The van der Waals surface area contributed by atoms with E-state index < -0.39 is 0 Å². The Bertz CT molecular complexity index is 365. The molecule has 1 unspecified atom stereocenters. The topological polar surface area (TPSA) is 17.1 Å². The molecule has 2 rings (SSSR count). The van der Waals surface area contributed by atoms with Crippen molar-refractivity contribution >= 4 is 5.78 Å². The summed E-state index contributed by atoms with van der Waals surface area (Å²) in [7, 11) is 0. The third-order valence-corrected chi connectivity index (χ3v) is 3.00. The Hall–Kier alpha value is -1.29. The van der Waals surface area contributed by atoms with Crippen molar-refractivity contribution in [3.05, 3.63) is 23.3 Å². The fourth-order valence-corrected chi connectivity index (χ4v) is 2.23. The zero-order chi connectivity index (χ0) is 9.47. The van der Waals surface area contributed by atoms with Gasteiger partial charge in [-0.05, 0) is 43.4 Å². The van der Waals surface area contributed by atoms with Crippen LogP contribution in [0.15, 0.2) is 23.3 Å². The number of rotatable bonds is 0. The van der Waals surface area contributed by atoms with Crippen LogP contribution in [0.3, 0.4) is 0 Å². The second kappa shape index (κ2) is 2.60. The maximum Gasteiger partial charge on any atom is 0.181 e. The average Bonchev–Trinajstić information content (AvgIpc) is 2.49. The summed E-state index contributed by atoms with van der Waals surface area (Å²) in [4.78, 5) is 11.4. The van der Waals surface area contributed by atoms with Crippen molar-refractivity contribution in [2.75, 3.05) is 0 Å². The molecular formula is C12H12O. The highest BCUT2D eigenvalue weighted by atomic mass is 16.1. The predicted molar refractivity (Wildman–Crippen MR) is 52.0 cm³/mol. The molecule has 0 N–H and O–H groups in total. The molecule has 1 atom stereocenters. The van der Waals surface area contributed by atoms with Crippen molar-refractivity contribution < 1.29 is 4.79 Å². The first-order valence-corrected chi connectivity index (χ1v) is 4.60. The molecule has 0 amide bonds. The van der Waals surface area contributed by atoms with Gasteiger partial charge in [0.2, 0.25) is 0 Å². The van der Waals surface area contributed by atoms with Crippen molar-refractivity contribution in [1.82, 2.24) is 0 Å². The van der Waals surface area contributed by atoms with Crippen LogP contribution in [0.1, 0.15) is 26.2 Å². The monoisotopic (exact) mass is 172 g/mol. The van der Waals surface area contributed by atoms with Gasteiger partial charge in [0.15, 0.2) is 5.78 Å². The lowest BCUT2D eigenvalue weighted by Gasteiger charge is -2.24. The molecule has 1 saturated carbocycles. The maximum atomic E-state index is 11.4. The summed E-state index contributed by atoms with van der Waals surface area (Å²) in [6, 6.07) is 0. The second-order valence-electron chi connectivity index (χ2n) is 3.83. The first-order valence-electron chi connectivity index (χ1n) is 4.60. The van der Waals surface area contributed by atoms with E-state index >= 15 is 0 Å². The number of carbonyl (C=O) groups excluding carboxylic acids is 1. The Kier molecular flexibility index (Phi) is 1.66. The lowest BCUT2D eigenvalue weighted by Crippen LogP contribution is -2.19. The van der Waals surface area contributed by atoms with Crippen LogP contribution in [0.25, 0.3) is 0 Å². The minimum absolute atomic E-state index is 0.128. The van der Waals surface area contributed by atoms with E-state index in [4.69, 9.17) is 6.42 Å². The van der Waals surface area contributed by atoms with E-state index in [0.29, 0.717) is 0 Å². The fourth-order valence-electron chi connectivity index (χ4n) is 2.23. The Labute approximate surface area is 78.5 Å². The number of terminal acetylenes is 1. The van der Waals surface area contributed by atoms with Crippen molar-refractivity contribution in [1.29, 1.82) is 0 Å². The predicted octanol–water partition coefficient (Wildman–Crippen LogP) is 2.25. The number of carbonyl (C=O) groups is 1. The zero-order valence-corrected chi connectivity index (χ0v) is 7.76. The largest absolute Gasteiger partial charge is 0.290 e. The van der Waals surface area contributed by atoms with Crippen LogP contribution in [0.4, 0.5) is 0 Å². The zero-order valence-electron chi connectivity index (χ0n) is 7.76. The first-order chi connectivity index (χ1) is 6.18. The molecule has 1 nitrogen and oxygen atoms in total. The van der Waals surface area contributed by atoms with E-state index in [9.17, 15) is 4.79 Å². The number of ketones is 1. The molecule has 2 aliphatic carbocycles. The normalized spacial score (nSPS) is 31.8. The molecule has 0 aliphatic heterocycles. The van der Waals surface area contributed by atoms with Crippen LogP contribution in [-0.2, 0) is 4.79 Å². The molecule has 0 aromatic rings. The Morgan fingerprint density at radius 1 is 1.62 bits per heavy atom. The number of hydrogen-bond donors (Lipinski definition) is 0. The van der Waals surface area contributed by atoms with Gasteiger partial charge in [0.25, 0.3) is 0 Å². The Morgan fingerprint density at radius 3 is 3.08 bits per heavy atom. The number of fused-ring (bicyclic) bond motifs is 1. The molecule has 0 heterocycles. The van der Waals surface area contributed by atoms with Gasteiger partial charge in [0.1, 0.15) is 0 Å². The molecule has 13 heavy (non-hydrogen) atoms. The smallest absolute Gasteiger partial charge is 0.181 e. The summed E-state index contributed by atoms with van der Waals surface area (Å²) >= 11 is 0. The minimum Gasteiger partial charge on any atom is -0.290 e. The highest BCUT2D eigenvalue weighted by molar-refractivity contribution is 6.05. The molecule has 0 radical (unpaired) electrons. The minimum atomic E-state index is -0.210. The van der Waals surface area contributed by atoms with E-state index in [2.05, 4.69) is 5.92 Å². The van der Waals surface area contributed by atoms with Crippen LogP contribution < -0.4 is 0 Å². The summed E-state index contributed by atoms with van der Waals surface area (Å²) in [6.07, 6.45) is 12.3. The highest BCUT2D eigenvalue weighted by Gasteiger charge is 2.37. The summed E-state index contributed by atoms with van der Waals surface area (Å²) in [5.74, 6) is 2.96. The van der Waals surface area contributed by atoms with Crippen molar-refractivity contribution in [3.8, 4) is 12.3 Å². The average molecular weight is 172 g/mol. The van der Waals surface area contributed by atoms with Gasteiger partial charge >= 0.3 is 0 Å². The maximum absolute atomic E-state index is 11.4. The van der Waals surface area contributed by atoms with Gasteiger partial charge in [-0.1, -0.05) is 12.0 Å². The third-order valence-electron chi connectivity index (χ3n) is 3.00. The van der Waals surface area contributed by atoms with E-state index in [1.54, 1.807) is 6.08 Å². The second-order valence-corrected chi connectivity index (χ2v) is 3.83. The third kappa shape index (κ3) is 1.06. The standard InChI is InChI=1S/C12H12O/c1-3-12-6-4-5-10(12)7-11(13)9(2)8-12/h1,7-8H,4-6H2,2H3. The lowest BCUT2D eigenvalue weighted by atomic mass is 9.77. The van der Waals surface area contributed by atoms with Gasteiger partial charge in [-0.15, -0.1) is 6.42 Å². The van der Waals surface area contributed by atoms with E-state index in [1.165, 1.54) is 0 Å². The summed E-state index contributed by atoms with van der Waals surface area (Å²) in [5.41, 5.74) is 1.73. The fraction of sp³-hybridized carbons (Fsp3) is 0.417. The molecule has 0 aromatic carbocycles. The Balaban J connectivity index is 2.52. The molecule has 2 aliphatic rings. The van der Waals surface area contributed by atoms with Gasteiger partial charge < -0.3 is 0 Å². The van der Waals surface area contributed by atoms with E-state index in [1.807, 2.05) is 13.0 Å². The van der Waals surface area contributed by atoms with Gasteiger partial charge in [0.05, 0.1) is 5.41 Å². The number of allylic oxidation sites excluding steroid dienone is 4. The molecule has 0 aromatic heterocycles. The summed E-state index contributed by atoms with van der Waals surface area (Å²) in [6.45, 7) is 1.84. The van der Waals surface area contributed by atoms with Gasteiger partial charge in [-0.25, -0.2) is 0 Å². The molecule has 0 saturated heterocycles. The molecule has 66 valence electrons. The molecule has 0 spiro atoms. The number of hydrogen-bond acceptors (Lipinski definition) is 1. The van der Waals surface area contributed by atoms with E-state index in [-0.39, 0.29) is 11.2 Å². The Morgan fingerprint density at radius 2 is 2.38 bits per heavy atom. The summed E-state index contributed by atoms with van der Waals surface area (Å²) < 4.78 is 0. The molecule has 1 fully saturated rings. The molecule has 1 heteroatoms. The van der Waals surface area contributed by atoms with Crippen LogP contribution >= 0.6 is 0 Å². The molecular weight excluding hydrogens is 160 g/mol. The summed E-state index contributed by atoms with van der Waals surface area (Å²) in [5, 5.41) is 0. The van der Waals surface area contributed by atoms with E-state index in [0.717, 1.165) is 30.4 Å². The van der Waals surface area contributed by atoms with Crippen LogP contribution in [0.5, 0.6) is 0 Å². The van der Waals surface area contributed by atoms with Gasteiger partial charge in [0, 0.05) is 0 Å². The van der Waals surface area contributed by atoms with Gasteiger partial charge in [-0.2, -0.15) is 0 Å². The van der Waals surface area contributed by atoms with Crippen LogP contribution in [0, 0.1) is 17.8 Å². The quantitative estimate of drug-likeness (QED) is 0.512. The van der Waals surface area contributed by atoms with Gasteiger partial charge in [-0.3, -0.25) is 4.79 Å². The first kappa shape index (κ1) is 8.31. The molecule has 0 bridgehead atoms.